The van der Waals surface area contributed by atoms with Crippen LogP contribution in [-0.2, 0) is 4.79 Å². The van der Waals surface area contributed by atoms with Gasteiger partial charge in [0.25, 0.3) is 0 Å². The molecule has 0 bridgehead atoms. The predicted octanol–water partition coefficient (Wildman–Crippen LogP) is 2.02. The molecule has 3 nitrogen and oxygen atoms in total. The number of carbonyl (C=O) groups is 1. The fourth-order valence-electron chi connectivity index (χ4n) is 3.54. The Morgan fingerprint density at radius 3 is 2.65 bits per heavy atom. The molecule has 2 rings (SSSR count). The van der Waals surface area contributed by atoms with Crippen molar-refractivity contribution in [1.82, 2.24) is 10.2 Å². The van der Waals surface area contributed by atoms with Gasteiger partial charge in [-0.1, -0.05) is 26.2 Å². The van der Waals surface area contributed by atoms with Crippen LogP contribution in [0, 0.1) is 11.3 Å². The molecule has 3 heteroatoms. The Morgan fingerprint density at radius 2 is 2.00 bits per heavy atom. The molecule has 1 heterocycles. The fourth-order valence-corrected chi connectivity index (χ4v) is 3.54. The van der Waals surface area contributed by atoms with E-state index < -0.39 is 0 Å². The number of nitrogens with zero attached hydrogens (tertiary/aromatic N) is 1. The average Bonchev–Trinajstić information content (AvgIpc) is 2.73. The van der Waals surface area contributed by atoms with Gasteiger partial charge in [0.2, 0.25) is 5.91 Å². The summed E-state index contributed by atoms with van der Waals surface area (Å²) in [6.45, 7) is 4.85. The normalized spacial score (nSPS) is 25.2. The second-order valence-electron chi connectivity index (χ2n) is 6.03. The third-order valence-corrected chi connectivity index (χ3v) is 4.60. The lowest BCUT2D eigenvalue weighted by molar-refractivity contribution is -0.134. The SMILES string of the molecule is CNCC(C)C(=O)N1CCC2(CCCCC2)C1. The van der Waals surface area contributed by atoms with Gasteiger partial charge in [0, 0.05) is 25.6 Å². The van der Waals surface area contributed by atoms with Crippen LogP contribution in [0.1, 0.15) is 45.4 Å². The Morgan fingerprint density at radius 1 is 1.29 bits per heavy atom. The van der Waals surface area contributed by atoms with E-state index in [9.17, 15) is 4.79 Å². The number of carbonyl (C=O) groups excluding carboxylic acids is 1. The number of hydrogen-bond donors (Lipinski definition) is 1. The quantitative estimate of drug-likeness (QED) is 0.816. The summed E-state index contributed by atoms with van der Waals surface area (Å²) < 4.78 is 0. The van der Waals surface area contributed by atoms with Gasteiger partial charge in [-0.15, -0.1) is 0 Å². The van der Waals surface area contributed by atoms with Crippen molar-refractivity contribution >= 4 is 5.91 Å². The highest BCUT2D eigenvalue weighted by atomic mass is 16.2. The van der Waals surface area contributed by atoms with E-state index in [1.165, 1.54) is 38.5 Å². The van der Waals surface area contributed by atoms with Gasteiger partial charge in [-0.2, -0.15) is 0 Å². The lowest BCUT2D eigenvalue weighted by Crippen LogP contribution is -2.39. The molecule has 17 heavy (non-hydrogen) atoms. The summed E-state index contributed by atoms with van der Waals surface area (Å²) in [5.41, 5.74) is 0.493. The molecule has 0 aromatic rings. The summed E-state index contributed by atoms with van der Waals surface area (Å²) in [4.78, 5) is 14.4. The Hall–Kier alpha value is -0.570. The van der Waals surface area contributed by atoms with Crippen LogP contribution in [0.2, 0.25) is 0 Å². The minimum atomic E-state index is 0.124. The number of nitrogens with one attached hydrogen (secondary N) is 1. The smallest absolute Gasteiger partial charge is 0.226 e. The molecule has 2 aliphatic rings. The van der Waals surface area contributed by atoms with Crippen molar-refractivity contribution in [2.75, 3.05) is 26.7 Å². The number of rotatable bonds is 3. The second-order valence-corrected chi connectivity index (χ2v) is 6.03. The Labute approximate surface area is 105 Å². The van der Waals surface area contributed by atoms with Crippen molar-refractivity contribution < 1.29 is 4.79 Å². The van der Waals surface area contributed by atoms with E-state index in [4.69, 9.17) is 0 Å². The van der Waals surface area contributed by atoms with E-state index in [-0.39, 0.29) is 5.92 Å². The molecule has 0 aromatic heterocycles. The zero-order chi connectivity index (χ0) is 12.3. The Bertz CT molecular complexity index is 271. The predicted molar refractivity (Wildman–Crippen MR) is 69.8 cm³/mol. The van der Waals surface area contributed by atoms with E-state index in [1.807, 2.05) is 14.0 Å². The van der Waals surface area contributed by atoms with Gasteiger partial charge in [0.1, 0.15) is 0 Å². The molecule has 1 saturated heterocycles. The Balaban J connectivity index is 1.90. The van der Waals surface area contributed by atoms with Crippen LogP contribution in [0.15, 0.2) is 0 Å². The van der Waals surface area contributed by atoms with Crippen LogP contribution in [0.25, 0.3) is 0 Å². The van der Waals surface area contributed by atoms with Crippen molar-refractivity contribution in [3.05, 3.63) is 0 Å². The van der Waals surface area contributed by atoms with Crippen LogP contribution in [0.4, 0.5) is 0 Å². The second kappa shape index (κ2) is 5.38. The van der Waals surface area contributed by atoms with E-state index in [1.54, 1.807) is 0 Å². The average molecular weight is 238 g/mol. The van der Waals surface area contributed by atoms with Crippen LogP contribution < -0.4 is 5.32 Å². The van der Waals surface area contributed by atoms with Crippen LogP contribution in [-0.4, -0.2) is 37.5 Å². The zero-order valence-corrected chi connectivity index (χ0v) is 11.3. The molecular weight excluding hydrogens is 212 g/mol. The maximum Gasteiger partial charge on any atom is 0.226 e. The highest BCUT2D eigenvalue weighted by Gasteiger charge is 2.40. The van der Waals surface area contributed by atoms with E-state index >= 15 is 0 Å². The molecule has 2 fully saturated rings. The van der Waals surface area contributed by atoms with Crippen molar-refractivity contribution in [1.29, 1.82) is 0 Å². The van der Waals surface area contributed by atoms with Crippen molar-refractivity contribution in [3.8, 4) is 0 Å². The topological polar surface area (TPSA) is 32.3 Å². The standard InChI is InChI=1S/C14H26N2O/c1-12(10-15-2)13(17)16-9-8-14(11-16)6-4-3-5-7-14/h12,15H,3-11H2,1-2H3. The maximum absolute atomic E-state index is 12.2. The van der Waals surface area contributed by atoms with Gasteiger partial charge in [-0.3, -0.25) is 4.79 Å². The number of likely N-dealkylation sites (tertiary alicyclic amines) is 1. The molecule has 1 atom stereocenters. The monoisotopic (exact) mass is 238 g/mol. The summed E-state index contributed by atoms with van der Waals surface area (Å²) in [5, 5.41) is 3.10. The van der Waals surface area contributed by atoms with E-state index in [0.29, 0.717) is 11.3 Å². The lowest BCUT2D eigenvalue weighted by atomic mass is 9.73. The van der Waals surface area contributed by atoms with Gasteiger partial charge < -0.3 is 10.2 Å². The molecule has 1 saturated carbocycles. The first kappa shape index (κ1) is 12.9. The molecule has 1 aliphatic heterocycles. The summed E-state index contributed by atoms with van der Waals surface area (Å²) in [7, 11) is 1.91. The molecule has 1 unspecified atom stereocenters. The number of hydrogen-bond acceptors (Lipinski definition) is 2. The van der Waals surface area contributed by atoms with E-state index in [2.05, 4.69) is 10.2 Å². The zero-order valence-electron chi connectivity index (χ0n) is 11.3. The summed E-state index contributed by atoms with van der Waals surface area (Å²) in [5.74, 6) is 0.473. The molecular formula is C14H26N2O. The van der Waals surface area contributed by atoms with Crippen LogP contribution in [0.5, 0.6) is 0 Å². The third kappa shape index (κ3) is 2.82. The first-order valence-corrected chi connectivity index (χ1v) is 7.10. The molecule has 1 N–H and O–H groups in total. The highest BCUT2D eigenvalue weighted by Crippen LogP contribution is 2.43. The van der Waals surface area contributed by atoms with Gasteiger partial charge >= 0.3 is 0 Å². The minimum absolute atomic E-state index is 0.124. The summed E-state index contributed by atoms with van der Waals surface area (Å²) >= 11 is 0. The molecule has 0 aromatic carbocycles. The van der Waals surface area contributed by atoms with Crippen LogP contribution >= 0.6 is 0 Å². The molecule has 1 spiro atoms. The van der Waals surface area contributed by atoms with E-state index in [0.717, 1.165) is 19.6 Å². The van der Waals surface area contributed by atoms with Gasteiger partial charge in [0.15, 0.2) is 0 Å². The summed E-state index contributed by atoms with van der Waals surface area (Å²) in [6.07, 6.45) is 8.06. The van der Waals surface area contributed by atoms with Crippen LogP contribution in [0.3, 0.4) is 0 Å². The van der Waals surface area contributed by atoms with Gasteiger partial charge in [0.05, 0.1) is 0 Å². The first-order valence-electron chi connectivity index (χ1n) is 7.10. The minimum Gasteiger partial charge on any atom is -0.342 e. The maximum atomic E-state index is 12.2. The Kier molecular flexibility index (Phi) is 4.08. The largest absolute Gasteiger partial charge is 0.342 e. The fraction of sp³-hybridized carbons (Fsp3) is 0.929. The molecule has 0 radical (unpaired) electrons. The third-order valence-electron chi connectivity index (χ3n) is 4.60. The molecule has 98 valence electrons. The van der Waals surface area contributed by atoms with Gasteiger partial charge in [-0.05, 0) is 31.7 Å². The van der Waals surface area contributed by atoms with Crippen molar-refractivity contribution in [2.24, 2.45) is 11.3 Å². The van der Waals surface area contributed by atoms with Gasteiger partial charge in [-0.25, -0.2) is 0 Å². The molecule has 1 amide bonds. The van der Waals surface area contributed by atoms with Crippen molar-refractivity contribution in [2.45, 2.75) is 45.4 Å². The number of amides is 1. The van der Waals surface area contributed by atoms with Crippen molar-refractivity contribution in [3.63, 3.8) is 0 Å². The molecule has 1 aliphatic carbocycles. The highest BCUT2D eigenvalue weighted by molar-refractivity contribution is 5.79. The summed E-state index contributed by atoms with van der Waals surface area (Å²) in [6, 6.07) is 0. The first-order chi connectivity index (χ1) is 8.17. The lowest BCUT2D eigenvalue weighted by Gasteiger charge is -2.33.